The fourth-order valence-corrected chi connectivity index (χ4v) is 1.54. The van der Waals surface area contributed by atoms with Crippen molar-refractivity contribution in [3.05, 3.63) is 23.3 Å². The molecule has 0 radical (unpaired) electrons. The number of Topliss-reactive ketones (excluding diaryl/α,β-unsaturated/α-hetero) is 1. The summed E-state index contributed by atoms with van der Waals surface area (Å²) in [5, 5.41) is 8.76. The molecule has 0 aromatic carbocycles. The Hall–Kier alpha value is -1.33. The number of carbonyl (C=O) groups is 1. The van der Waals surface area contributed by atoms with Crippen LogP contribution in [-0.4, -0.2) is 17.5 Å². The van der Waals surface area contributed by atoms with E-state index in [1.807, 2.05) is 33.8 Å². The van der Waals surface area contributed by atoms with Gasteiger partial charge in [0.25, 0.3) is 0 Å². The first-order chi connectivity index (χ1) is 9.24. The van der Waals surface area contributed by atoms with Crippen LogP contribution < -0.4 is 0 Å². The molecule has 112 valence electrons. The summed E-state index contributed by atoms with van der Waals surface area (Å²) in [6.45, 7) is 10.2. The van der Waals surface area contributed by atoms with Gasteiger partial charge in [0.2, 0.25) is 5.78 Å². The van der Waals surface area contributed by atoms with Crippen LogP contribution in [0, 0.1) is 17.3 Å². The molecule has 2 heteroatoms. The van der Waals surface area contributed by atoms with E-state index in [1.54, 1.807) is 0 Å². The van der Waals surface area contributed by atoms with Gasteiger partial charge in [0.15, 0.2) is 0 Å². The van der Waals surface area contributed by atoms with Gasteiger partial charge in [-0.1, -0.05) is 29.2 Å². The van der Waals surface area contributed by atoms with Crippen LogP contribution in [0.4, 0.5) is 0 Å². The van der Waals surface area contributed by atoms with E-state index in [1.165, 1.54) is 11.1 Å². The second-order valence-corrected chi connectivity index (χ2v) is 6.25. The summed E-state index contributed by atoms with van der Waals surface area (Å²) in [6, 6.07) is 0. The Bertz CT molecular complexity index is 423. The van der Waals surface area contributed by atoms with Crippen LogP contribution in [0.1, 0.15) is 60.3 Å². The number of allylic oxidation sites excluding steroid dienone is 3. The summed E-state index contributed by atoms with van der Waals surface area (Å²) in [5.41, 5.74) is 2.31. The highest BCUT2D eigenvalue weighted by molar-refractivity contribution is 5.95. The van der Waals surface area contributed by atoms with Gasteiger partial charge in [-0.2, -0.15) is 0 Å². The van der Waals surface area contributed by atoms with E-state index in [2.05, 4.69) is 24.8 Å². The van der Waals surface area contributed by atoms with Gasteiger partial charge in [-0.15, -0.1) is 0 Å². The van der Waals surface area contributed by atoms with Gasteiger partial charge in [0.05, 0.1) is 6.61 Å². The molecule has 0 aliphatic heterocycles. The molecule has 1 N–H and O–H groups in total. The normalized spacial score (nSPS) is 12.9. The van der Waals surface area contributed by atoms with Gasteiger partial charge in [0.1, 0.15) is 0 Å². The van der Waals surface area contributed by atoms with Gasteiger partial charge in [-0.25, -0.2) is 0 Å². The molecule has 0 saturated heterocycles. The smallest absolute Gasteiger partial charge is 0.205 e. The third-order valence-electron chi connectivity index (χ3n) is 2.79. The van der Waals surface area contributed by atoms with Crippen molar-refractivity contribution in [1.29, 1.82) is 0 Å². The topological polar surface area (TPSA) is 37.3 Å². The lowest BCUT2D eigenvalue weighted by atomic mass is 9.97. The van der Waals surface area contributed by atoms with Gasteiger partial charge in [-0.05, 0) is 59.8 Å². The van der Waals surface area contributed by atoms with Crippen molar-refractivity contribution in [1.82, 2.24) is 0 Å². The van der Waals surface area contributed by atoms with E-state index in [0.29, 0.717) is 6.42 Å². The SMILES string of the molecule is C/C(=C\CO)CC/C=C(\C)CCC(=O)C#CC(C)(C)C. The summed E-state index contributed by atoms with van der Waals surface area (Å²) in [4.78, 5) is 11.6. The zero-order valence-corrected chi connectivity index (χ0v) is 13.5. The van der Waals surface area contributed by atoms with Crippen LogP contribution in [0.15, 0.2) is 23.3 Å². The average Bonchev–Trinajstić information content (AvgIpc) is 2.33. The third-order valence-corrected chi connectivity index (χ3v) is 2.79. The Labute approximate surface area is 124 Å². The fraction of sp³-hybridized carbons (Fsp3) is 0.611. The van der Waals surface area contributed by atoms with Crippen LogP contribution in [-0.2, 0) is 4.79 Å². The van der Waals surface area contributed by atoms with Gasteiger partial charge < -0.3 is 5.11 Å². The van der Waals surface area contributed by atoms with Gasteiger partial charge >= 0.3 is 0 Å². The van der Waals surface area contributed by atoms with Crippen molar-refractivity contribution in [2.75, 3.05) is 6.61 Å². The number of hydrogen-bond donors (Lipinski definition) is 1. The Morgan fingerprint density at radius 2 is 1.65 bits per heavy atom. The first kappa shape index (κ1) is 18.7. The lowest BCUT2D eigenvalue weighted by Crippen LogP contribution is -2.02. The van der Waals surface area contributed by atoms with E-state index >= 15 is 0 Å². The van der Waals surface area contributed by atoms with Crippen LogP contribution in [0.5, 0.6) is 0 Å². The number of aliphatic hydroxyl groups excluding tert-OH is 1. The predicted octanol–water partition coefficient (Wildman–Crippen LogP) is 4.05. The molecule has 0 fully saturated rings. The largest absolute Gasteiger partial charge is 0.392 e. The number of ketones is 1. The van der Waals surface area contributed by atoms with Crippen molar-refractivity contribution < 1.29 is 9.90 Å². The van der Waals surface area contributed by atoms with Crippen molar-refractivity contribution in [3.8, 4) is 11.8 Å². The van der Waals surface area contributed by atoms with E-state index in [4.69, 9.17) is 5.11 Å². The molecule has 20 heavy (non-hydrogen) atoms. The highest BCUT2D eigenvalue weighted by Gasteiger charge is 2.05. The Morgan fingerprint density at radius 1 is 1.05 bits per heavy atom. The maximum Gasteiger partial charge on any atom is 0.205 e. The Morgan fingerprint density at radius 3 is 2.20 bits per heavy atom. The molecular weight excluding hydrogens is 248 g/mol. The van der Waals surface area contributed by atoms with Crippen LogP contribution in [0.25, 0.3) is 0 Å². The molecular formula is C18H28O2. The molecule has 0 aliphatic rings. The third kappa shape index (κ3) is 11.7. The monoisotopic (exact) mass is 276 g/mol. The second kappa shape index (κ2) is 9.55. The molecule has 0 saturated carbocycles. The fourth-order valence-electron chi connectivity index (χ4n) is 1.54. The van der Waals surface area contributed by atoms with Crippen molar-refractivity contribution >= 4 is 5.78 Å². The molecule has 0 rings (SSSR count). The van der Waals surface area contributed by atoms with E-state index in [-0.39, 0.29) is 17.8 Å². The highest BCUT2D eigenvalue weighted by Crippen LogP contribution is 2.12. The lowest BCUT2D eigenvalue weighted by Gasteiger charge is -2.06. The molecule has 0 unspecified atom stereocenters. The zero-order chi connectivity index (χ0) is 15.6. The van der Waals surface area contributed by atoms with Gasteiger partial charge in [-0.3, -0.25) is 4.79 Å². The molecule has 0 aliphatic carbocycles. The minimum Gasteiger partial charge on any atom is -0.392 e. The minimum absolute atomic E-state index is 0.0176. The average molecular weight is 276 g/mol. The lowest BCUT2D eigenvalue weighted by molar-refractivity contribution is -0.113. The van der Waals surface area contributed by atoms with Gasteiger partial charge in [0, 0.05) is 11.8 Å². The molecule has 0 heterocycles. The van der Waals surface area contributed by atoms with E-state index in [9.17, 15) is 4.79 Å². The van der Waals surface area contributed by atoms with E-state index < -0.39 is 0 Å². The molecule has 0 amide bonds. The molecule has 0 bridgehead atoms. The number of hydrogen-bond acceptors (Lipinski definition) is 2. The minimum atomic E-state index is -0.114. The molecule has 2 nitrogen and oxygen atoms in total. The maximum absolute atomic E-state index is 11.6. The summed E-state index contributed by atoms with van der Waals surface area (Å²) in [6.07, 6.45) is 7.18. The summed E-state index contributed by atoms with van der Waals surface area (Å²) in [5.74, 6) is 5.70. The van der Waals surface area contributed by atoms with Crippen molar-refractivity contribution in [2.24, 2.45) is 5.41 Å². The molecule has 0 spiro atoms. The molecule has 0 aromatic heterocycles. The quantitative estimate of drug-likeness (QED) is 0.433. The Balaban J connectivity index is 4.09. The summed E-state index contributed by atoms with van der Waals surface area (Å²) in [7, 11) is 0. The second-order valence-electron chi connectivity index (χ2n) is 6.25. The van der Waals surface area contributed by atoms with Crippen molar-refractivity contribution in [3.63, 3.8) is 0 Å². The first-order valence-electron chi connectivity index (χ1n) is 7.22. The number of rotatable bonds is 7. The summed E-state index contributed by atoms with van der Waals surface area (Å²) >= 11 is 0. The first-order valence-corrected chi connectivity index (χ1v) is 7.22. The molecule has 0 aromatic rings. The van der Waals surface area contributed by atoms with Crippen LogP contribution in [0.2, 0.25) is 0 Å². The summed E-state index contributed by atoms with van der Waals surface area (Å²) < 4.78 is 0. The Kier molecular flexibility index (Phi) is 8.92. The maximum atomic E-state index is 11.6. The van der Waals surface area contributed by atoms with Crippen LogP contribution in [0.3, 0.4) is 0 Å². The molecule has 0 atom stereocenters. The zero-order valence-electron chi connectivity index (χ0n) is 13.5. The van der Waals surface area contributed by atoms with Crippen LogP contribution >= 0.6 is 0 Å². The highest BCUT2D eigenvalue weighted by atomic mass is 16.2. The van der Waals surface area contributed by atoms with Crippen molar-refractivity contribution in [2.45, 2.75) is 60.3 Å². The number of carbonyl (C=O) groups excluding carboxylic acids is 1. The van der Waals surface area contributed by atoms with E-state index in [0.717, 1.165) is 19.3 Å². The standard InChI is InChI=1S/C18H28O2/c1-15(7-6-8-16(2)12-14-19)9-10-17(20)11-13-18(3,4)5/h7,12,19H,6,8-10,14H2,1-5H3/b15-7+,16-12+. The predicted molar refractivity (Wildman–Crippen MR) is 85.3 cm³/mol. The number of aliphatic hydroxyl groups is 1.